The van der Waals surface area contributed by atoms with Crippen molar-refractivity contribution in [3.8, 4) is 23.1 Å². The summed E-state index contributed by atoms with van der Waals surface area (Å²) in [5.41, 5.74) is 1.78. The molecule has 37 heavy (non-hydrogen) atoms. The van der Waals surface area contributed by atoms with Crippen LogP contribution in [0.3, 0.4) is 0 Å². The van der Waals surface area contributed by atoms with Gasteiger partial charge < -0.3 is 14.8 Å². The Labute approximate surface area is 211 Å². The monoisotopic (exact) mass is 510 g/mol. The van der Waals surface area contributed by atoms with Crippen molar-refractivity contribution in [2.75, 3.05) is 11.9 Å². The highest BCUT2D eigenvalue weighted by Crippen LogP contribution is 2.31. The van der Waals surface area contributed by atoms with Crippen LogP contribution in [0.4, 0.5) is 18.9 Å². The second-order valence-corrected chi connectivity index (χ2v) is 8.44. The van der Waals surface area contributed by atoms with Crippen LogP contribution in [0.15, 0.2) is 78.9 Å². The first kappa shape index (κ1) is 25.9. The third kappa shape index (κ3) is 6.95. The molecule has 0 radical (unpaired) electrons. The zero-order valence-corrected chi connectivity index (χ0v) is 20.2. The standard InChI is InChI=1S/C27H25F3N4O3/c1-18(2)37-26-32-25(20-8-10-21(11-9-20)27(28,29)30)34(33-26)23-14-12-22(13-15-23)31-24(35)17-36-16-19-6-4-3-5-7-19/h3-15,18H,16-17H2,1-2H3,(H,31,35). The summed E-state index contributed by atoms with van der Waals surface area (Å²) in [6, 6.07) is 21.1. The summed E-state index contributed by atoms with van der Waals surface area (Å²) in [5.74, 6) is 0.0120. The number of anilines is 1. The van der Waals surface area contributed by atoms with Crippen molar-refractivity contribution in [2.24, 2.45) is 0 Å². The number of carbonyl (C=O) groups excluding carboxylic acids is 1. The number of nitrogens with zero attached hydrogens (tertiary/aromatic N) is 3. The van der Waals surface area contributed by atoms with Crippen LogP contribution < -0.4 is 10.1 Å². The number of rotatable bonds is 9. The van der Waals surface area contributed by atoms with Crippen molar-refractivity contribution in [2.45, 2.75) is 32.7 Å². The lowest BCUT2D eigenvalue weighted by atomic mass is 10.1. The number of alkyl halides is 3. The molecular weight excluding hydrogens is 485 g/mol. The number of ether oxygens (including phenoxy) is 2. The molecule has 0 aliphatic carbocycles. The molecule has 4 rings (SSSR count). The minimum Gasteiger partial charge on any atom is -0.460 e. The minimum atomic E-state index is -4.44. The molecule has 0 aliphatic rings. The molecular formula is C27H25F3N4O3. The lowest BCUT2D eigenvalue weighted by molar-refractivity contribution is -0.137. The Morgan fingerprint density at radius 2 is 1.65 bits per heavy atom. The SMILES string of the molecule is CC(C)Oc1nc(-c2ccc(C(F)(F)F)cc2)n(-c2ccc(NC(=O)COCc3ccccc3)cc2)n1. The molecule has 0 saturated carbocycles. The number of aromatic nitrogens is 3. The summed E-state index contributed by atoms with van der Waals surface area (Å²) < 4.78 is 51.5. The molecule has 0 spiro atoms. The van der Waals surface area contributed by atoms with Crippen LogP contribution >= 0.6 is 0 Å². The molecule has 0 fully saturated rings. The van der Waals surface area contributed by atoms with Gasteiger partial charge in [-0.05, 0) is 55.8 Å². The molecule has 7 nitrogen and oxygen atoms in total. The van der Waals surface area contributed by atoms with E-state index in [2.05, 4.69) is 15.4 Å². The largest absolute Gasteiger partial charge is 0.460 e. The normalized spacial score (nSPS) is 11.5. The van der Waals surface area contributed by atoms with Crippen LogP contribution in [0, 0.1) is 0 Å². The van der Waals surface area contributed by atoms with E-state index < -0.39 is 11.7 Å². The van der Waals surface area contributed by atoms with Gasteiger partial charge >= 0.3 is 12.2 Å². The number of nitrogens with one attached hydrogen (secondary N) is 1. The highest BCUT2D eigenvalue weighted by molar-refractivity contribution is 5.91. The van der Waals surface area contributed by atoms with Crippen LogP contribution in [0.25, 0.3) is 17.1 Å². The second-order valence-electron chi connectivity index (χ2n) is 8.44. The van der Waals surface area contributed by atoms with Crippen molar-refractivity contribution >= 4 is 11.6 Å². The molecule has 3 aromatic carbocycles. The summed E-state index contributed by atoms with van der Waals surface area (Å²) in [4.78, 5) is 16.6. The Morgan fingerprint density at radius 3 is 2.27 bits per heavy atom. The van der Waals surface area contributed by atoms with E-state index in [1.54, 1.807) is 24.3 Å². The first-order valence-electron chi connectivity index (χ1n) is 11.5. The number of hydrogen-bond donors (Lipinski definition) is 1. The average Bonchev–Trinajstić information content (AvgIpc) is 3.28. The van der Waals surface area contributed by atoms with E-state index in [0.717, 1.165) is 17.7 Å². The number of benzene rings is 3. The molecule has 192 valence electrons. The van der Waals surface area contributed by atoms with Crippen LogP contribution in [-0.2, 0) is 22.3 Å². The Kier molecular flexibility index (Phi) is 7.88. The molecule has 0 unspecified atom stereocenters. The Balaban J connectivity index is 1.48. The first-order chi connectivity index (χ1) is 17.7. The van der Waals surface area contributed by atoms with Crippen molar-refractivity contribution in [1.82, 2.24) is 14.8 Å². The summed E-state index contributed by atoms with van der Waals surface area (Å²) in [5, 5.41) is 7.15. The quantitative estimate of drug-likeness (QED) is 0.304. The maximum Gasteiger partial charge on any atom is 0.416 e. The molecule has 0 saturated heterocycles. The first-order valence-corrected chi connectivity index (χ1v) is 11.5. The van der Waals surface area contributed by atoms with E-state index in [1.807, 2.05) is 44.2 Å². The van der Waals surface area contributed by atoms with Crippen molar-refractivity contribution in [3.63, 3.8) is 0 Å². The summed E-state index contributed by atoms with van der Waals surface area (Å²) >= 11 is 0. The van der Waals surface area contributed by atoms with E-state index in [4.69, 9.17) is 9.47 Å². The van der Waals surface area contributed by atoms with Gasteiger partial charge in [-0.2, -0.15) is 18.2 Å². The van der Waals surface area contributed by atoms with Gasteiger partial charge in [-0.15, -0.1) is 5.10 Å². The zero-order chi connectivity index (χ0) is 26.4. The fraction of sp³-hybridized carbons (Fsp3) is 0.222. The summed E-state index contributed by atoms with van der Waals surface area (Å²) in [6.45, 7) is 3.86. The Bertz CT molecular complexity index is 1320. The van der Waals surface area contributed by atoms with Gasteiger partial charge in [0, 0.05) is 11.3 Å². The highest BCUT2D eigenvalue weighted by Gasteiger charge is 2.30. The van der Waals surface area contributed by atoms with E-state index >= 15 is 0 Å². The van der Waals surface area contributed by atoms with Gasteiger partial charge in [-0.1, -0.05) is 42.5 Å². The molecule has 0 atom stereocenters. The minimum absolute atomic E-state index is 0.0952. The van der Waals surface area contributed by atoms with Crippen LogP contribution in [0.2, 0.25) is 0 Å². The zero-order valence-electron chi connectivity index (χ0n) is 20.2. The predicted molar refractivity (Wildman–Crippen MR) is 132 cm³/mol. The van der Waals surface area contributed by atoms with Crippen molar-refractivity contribution in [1.29, 1.82) is 0 Å². The van der Waals surface area contributed by atoms with Gasteiger partial charge in [-0.3, -0.25) is 4.79 Å². The van der Waals surface area contributed by atoms with Crippen molar-refractivity contribution < 1.29 is 27.4 Å². The fourth-order valence-electron chi connectivity index (χ4n) is 3.45. The van der Waals surface area contributed by atoms with Gasteiger partial charge in [0.2, 0.25) is 5.91 Å². The molecule has 1 aromatic heterocycles. The average molecular weight is 511 g/mol. The van der Waals surface area contributed by atoms with Crippen LogP contribution in [0.5, 0.6) is 6.01 Å². The number of halogens is 3. The van der Waals surface area contributed by atoms with Crippen LogP contribution in [-0.4, -0.2) is 33.4 Å². The van der Waals surface area contributed by atoms with Gasteiger partial charge in [0.25, 0.3) is 0 Å². The van der Waals surface area contributed by atoms with Crippen molar-refractivity contribution in [3.05, 3.63) is 90.0 Å². The van der Waals surface area contributed by atoms with Gasteiger partial charge in [-0.25, -0.2) is 4.68 Å². The maximum atomic E-state index is 13.0. The Morgan fingerprint density at radius 1 is 0.973 bits per heavy atom. The Hall–Kier alpha value is -4.18. The molecule has 0 bridgehead atoms. The van der Waals surface area contributed by atoms with E-state index in [9.17, 15) is 18.0 Å². The second kappa shape index (κ2) is 11.3. The lowest BCUT2D eigenvalue weighted by Gasteiger charge is -2.10. The van der Waals surface area contributed by atoms with E-state index in [0.29, 0.717) is 29.4 Å². The predicted octanol–water partition coefficient (Wildman–Crippen LogP) is 5.90. The molecule has 4 aromatic rings. The molecule has 0 aliphatic heterocycles. The van der Waals surface area contributed by atoms with Crippen LogP contribution in [0.1, 0.15) is 25.0 Å². The fourth-order valence-corrected chi connectivity index (χ4v) is 3.45. The topological polar surface area (TPSA) is 78.3 Å². The molecule has 1 heterocycles. The summed E-state index contributed by atoms with van der Waals surface area (Å²) in [7, 11) is 0. The van der Waals surface area contributed by atoms with E-state index in [-0.39, 0.29) is 24.6 Å². The molecule has 10 heteroatoms. The molecule has 1 N–H and O–H groups in total. The van der Waals surface area contributed by atoms with Gasteiger partial charge in [0.15, 0.2) is 5.82 Å². The number of hydrogen-bond acceptors (Lipinski definition) is 5. The van der Waals surface area contributed by atoms with Gasteiger partial charge in [0.05, 0.1) is 24.0 Å². The number of carbonyl (C=O) groups is 1. The lowest BCUT2D eigenvalue weighted by Crippen LogP contribution is -2.18. The van der Waals surface area contributed by atoms with E-state index in [1.165, 1.54) is 16.8 Å². The molecule has 1 amide bonds. The summed E-state index contributed by atoms with van der Waals surface area (Å²) in [6.07, 6.45) is -4.64. The highest BCUT2D eigenvalue weighted by atomic mass is 19.4. The maximum absolute atomic E-state index is 13.0. The third-order valence-corrected chi connectivity index (χ3v) is 5.14. The van der Waals surface area contributed by atoms with Gasteiger partial charge in [0.1, 0.15) is 6.61 Å². The third-order valence-electron chi connectivity index (χ3n) is 5.14. The smallest absolute Gasteiger partial charge is 0.416 e. The number of amides is 1.